The maximum absolute atomic E-state index is 9.14. The van der Waals surface area contributed by atoms with E-state index in [0.717, 1.165) is 0 Å². The van der Waals surface area contributed by atoms with E-state index < -0.39 is 18.3 Å². The first kappa shape index (κ1) is 43.8. The van der Waals surface area contributed by atoms with Crippen molar-refractivity contribution in [2.75, 3.05) is 33.0 Å². The highest BCUT2D eigenvalue weighted by atomic mass is 16.6. The van der Waals surface area contributed by atoms with Crippen LogP contribution in [0.5, 0.6) is 0 Å². The van der Waals surface area contributed by atoms with E-state index >= 15 is 0 Å². The van der Waals surface area contributed by atoms with Crippen molar-refractivity contribution in [2.24, 2.45) is 0 Å². The Morgan fingerprint density at radius 3 is 1.08 bits per heavy atom. The summed E-state index contributed by atoms with van der Waals surface area (Å²) in [5, 5.41) is 27.3. The molecule has 3 unspecified atom stereocenters. The molecule has 0 aliphatic rings. The molecule has 0 saturated heterocycles. The van der Waals surface area contributed by atoms with E-state index in [9.17, 15) is 0 Å². The molecule has 0 aliphatic heterocycles. The summed E-state index contributed by atoms with van der Waals surface area (Å²) in [4.78, 5) is 0. The Kier molecular flexibility index (Phi) is 50.4. The average Bonchev–Trinajstić information content (AvgIpc) is 2.24. The van der Waals surface area contributed by atoms with E-state index in [4.69, 9.17) is 29.5 Å². The lowest BCUT2D eigenvalue weighted by Gasteiger charge is -2.20. The van der Waals surface area contributed by atoms with Crippen molar-refractivity contribution in [3.63, 3.8) is 0 Å². The Labute approximate surface area is 153 Å². The van der Waals surface area contributed by atoms with Crippen LogP contribution in [0.4, 0.5) is 0 Å². The van der Waals surface area contributed by atoms with Crippen molar-refractivity contribution in [2.45, 2.75) is 89.7 Å². The highest BCUT2D eigenvalue weighted by molar-refractivity contribution is 4.58. The number of aliphatic hydroxyl groups is 3. The first-order chi connectivity index (χ1) is 8.41. The number of rotatable bonds is 11. The van der Waals surface area contributed by atoms with Crippen LogP contribution in [0.15, 0.2) is 0 Å². The molecule has 0 aromatic rings. The van der Waals surface area contributed by atoms with Crippen molar-refractivity contribution in [3.8, 4) is 0 Å². The van der Waals surface area contributed by atoms with Gasteiger partial charge in [-0.25, -0.2) is 0 Å². The third-order valence-electron chi connectivity index (χ3n) is 1.90. The molecule has 0 saturated carbocycles. The van der Waals surface area contributed by atoms with Gasteiger partial charge in [-0.1, -0.05) is 44.6 Å². The van der Waals surface area contributed by atoms with E-state index in [1.165, 1.54) is 0 Å². The van der Waals surface area contributed by atoms with Gasteiger partial charge in [0.1, 0.15) is 6.10 Å². The minimum atomic E-state index is -0.555. The predicted molar refractivity (Wildman–Crippen MR) is 107 cm³/mol. The normalized spacial score (nSPS) is 13.8. The molecule has 0 aromatic carbocycles. The van der Waals surface area contributed by atoms with Crippen LogP contribution in [-0.4, -0.2) is 72.8 Å². The summed E-state index contributed by atoms with van der Waals surface area (Å²) >= 11 is 0. The van der Waals surface area contributed by atoms with Gasteiger partial charge in [-0.15, -0.1) is 0 Å². The number of ether oxygens (including phenoxy) is 3. The molecule has 0 bridgehead atoms. The van der Waals surface area contributed by atoms with E-state index in [1.807, 2.05) is 0 Å². The molecule has 6 nitrogen and oxygen atoms in total. The molecule has 0 spiro atoms. The zero-order valence-electron chi connectivity index (χ0n) is 11.4. The molecule has 0 heterocycles. The first-order valence-electron chi connectivity index (χ1n) is 6.23. The zero-order chi connectivity index (χ0) is 14.0. The lowest BCUT2D eigenvalue weighted by Crippen LogP contribution is -2.31. The predicted octanol–water partition coefficient (Wildman–Crippen LogP) is 3.36. The highest BCUT2D eigenvalue weighted by Gasteiger charge is 2.12. The minimum Gasteiger partial charge on any atom is -0.391 e. The summed E-state index contributed by atoms with van der Waals surface area (Å²) in [5.41, 5.74) is 0. The fourth-order valence-corrected chi connectivity index (χ4v) is 1.16. The van der Waals surface area contributed by atoms with Gasteiger partial charge in [-0.05, 0) is 20.8 Å². The van der Waals surface area contributed by atoms with Gasteiger partial charge in [-0.2, -0.15) is 0 Å². The highest BCUT2D eigenvalue weighted by Crippen LogP contribution is 1.99. The Bertz CT molecular complexity index is 172. The maximum Gasteiger partial charge on any atom is 0.104 e. The molecule has 6 heteroatoms. The van der Waals surface area contributed by atoms with Gasteiger partial charge in [0.25, 0.3) is 0 Å². The molecule has 0 aromatic heterocycles. The van der Waals surface area contributed by atoms with E-state index in [-0.39, 0.29) is 83.7 Å². The van der Waals surface area contributed by atoms with Gasteiger partial charge < -0.3 is 29.5 Å². The summed E-state index contributed by atoms with van der Waals surface area (Å²) < 4.78 is 15.9. The van der Waals surface area contributed by atoms with Gasteiger partial charge in [0.05, 0.1) is 51.3 Å². The second-order valence-electron chi connectivity index (χ2n) is 4.58. The number of aliphatic hydroxyl groups excluding tert-OH is 3. The molecule has 24 heavy (non-hydrogen) atoms. The number of hydrogen-bond donors (Lipinski definition) is 3. The molecule has 3 N–H and O–H groups in total. The lowest BCUT2D eigenvalue weighted by molar-refractivity contribution is -0.0927. The summed E-state index contributed by atoms with van der Waals surface area (Å²) in [5.74, 6) is 0. The molecule has 3 atom stereocenters. The van der Waals surface area contributed by atoms with Crippen molar-refractivity contribution in [1.29, 1.82) is 0 Å². The summed E-state index contributed by atoms with van der Waals surface area (Å²) in [6.45, 7) is 6.10. The second kappa shape index (κ2) is 27.6. The molecule has 158 valence electrons. The van der Waals surface area contributed by atoms with Crippen LogP contribution in [0.2, 0.25) is 0 Å². The maximum atomic E-state index is 9.14. The molecular formula is C18H50O6. The Hall–Kier alpha value is -0.240. The van der Waals surface area contributed by atoms with Crippen LogP contribution >= 0.6 is 0 Å². The summed E-state index contributed by atoms with van der Waals surface area (Å²) in [6.07, 6.45) is -1.93. The standard InChI is InChI=1S/C12H26O6.6CH4/c1-9(13)4-16-7-12(18-6-11(3)15)8-17-5-10(2)14;;;;;;/h9-15H,4-8H2,1-3H3;6*1H4. The summed E-state index contributed by atoms with van der Waals surface area (Å²) in [6, 6.07) is 0. The summed E-state index contributed by atoms with van der Waals surface area (Å²) in [7, 11) is 0. The van der Waals surface area contributed by atoms with Gasteiger partial charge >= 0.3 is 0 Å². The van der Waals surface area contributed by atoms with Gasteiger partial charge in [-0.3, -0.25) is 0 Å². The lowest BCUT2D eigenvalue weighted by atomic mass is 10.3. The fraction of sp³-hybridized carbons (Fsp3) is 1.00. The van der Waals surface area contributed by atoms with Crippen LogP contribution in [0.25, 0.3) is 0 Å². The Morgan fingerprint density at radius 1 is 0.542 bits per heavy atom. The van der Waals surface area contributed by atoms with Crippen LogP contribution < -0.4 is 0 Å². The molecule has 0 amide bonds. The SMILES string of the molecule is C.C.C.C.C.C.CC(O)COCC(COCC(C)O)OCC(C)O. The molecular weight excluding hydrogens is 312 g/mol. The van der Waals surface area contributed by atoms with Crippen molar-refractivity contribution >= 4 is 0 Å². The van der Waals surface area contributed by atoms with Gasteiger partial charge in [0.2, 0.25) is 0 Å². The zero-order valence-corrected chi connectivity index (χ0v) is 11.4. The topological polar surface area (TPSA) is 88.4 Å². The Morgan fingerprint density at radius 2 is 0.833 bits per heavy atom. The third kappa shape index (κ3) is 33.4. The van der Waals surface area contributed by atoms with Crippen molar-refractivity contribution in [3.05, 3.63) is 0 Å². The molecule has 0 aliphatic carbocycles. The van der Waals surface area contributed by atoms with Crippen LogP contribution in [0.1, 0.15) is 65.3 Å². The monoisotopic (exact) mass is 362 g/mol. The van der Waals surface area contributed by atoms with Crippen molar-refractivity contribution in [1.82, 2.24) is 0 Å². The third-order valence-corrected chi connectivity index (χ3v) is 1.90. The number of hydrogen-bond acceptors (Lipinski definition) is 6. The molecule has 0 fully saturated rings. The smallest absolute Gasteiger partial charge is 0.104 e. The van der Waals surface area contributed by atoms with Crippen LogP contribution in [0.3, 0.4) is 0 Å². The Balaban J connectivity index is -0.0000000963. The largest absolute Gasteiger partial charge is 0.391 e. The molecule has 0 radical (unpaired) electrons. The molecule has 0 rings (SSSR count). The average molecular weight is 363 g/mol. The van der Waals surface area contributed by atoms with Gasteiger partial charge in [0, 0.05) is 0 Å². The quantitative estimate of drug-likeness (QED) is 0.522. The van der Waals surface area contributed by atoms with E-state index in [1.54, 1.807) is 20.8 Å². The van der Waals surface area contributed by atoms with Crippen molar-refractivity contribution < 1.29 is 29.5 Å². The second-order valence-corrected chi connectivity index (χ2v) is 4.58. The van der Waals surface area contributed by atoms with Gasteiger partial charge in [0.15, 0.2) is 0 Å². The van der Waals surface area contributed by atoms with Crippen LogP contribution in [-0.2, 0) is 14.2 Å². The van der Waals surface area contributed by atoms with E-state index in [2.05, 4.69) is 0 Å². The van der Waals surface area contributed by atoms with Crippen LogP contribution in [0, 0.1) is 0 Å². The fourth-order valence-electron chi connectivity index (χ4n) is 1.16. The first-order valence-corrected chi connectivity index (χ1v) is 6.23. The van der Waals surface area contributed by atoms with E-state index in [0.29, 0.717) is 0 Å². The minimum absolute atomic E-state index is 0.